The number of nitrogens with zero attached hydrogens (tertiary/aromatic N) is 2. The number of rotatable bonds is 4. The quantitative estimate of drug-likeness (QED) is 0.908. The number of aryl methyl sites for hydroxylation is 1. The molecule has 1 aromatic rings. The smallest absolute Gasteiger partial charge is 0.132 e. The third-order valence-electron chi connectivity index (χ3n) is 5.07. The van der Waals surface area contributed by atoms with Gasteiger partial charge < -0.3 is 5.32 Å². The zero-order valence-electron chi connectivity index (χ0n) is 12.9. The Labute approximate surface area is 122 Å². The van der Waals surface area contributed by atoms with Crippen LogP contribution in [0.5, 0.6) is 0 Å². The van der Waals surface area contributed by atoms with E-state index in [1.54, 1.807) is 0 Å². The Morgan fingerprint density at radius 2 is 1.85 bits per heavy atom. The van der Waals surface area contributed by atoms with Crippen LogP contribution in [0.1, 0.15) is 81.1 Å². The first kappa shape index (κ1) is 14.0. The molecule has 0 bridgehead atoms. The Morgan fingerprint density at radius 3 is 2.55 bits per heavy atom. The molecule has 1 aliphatic carbocycles. The number of hydrogen-bond donors (Lipinski definition) is 1. The van der Waals surface area contributed by atoms with Gasteiger partial charge in [-0.2, -0.15) is 0 Å². The van der Waals surface area contributed by atoms with Crippen LogP contribution in [-0.2, 0) is 19.5 Å². The monoisotopic (exact) mass is 273 g/mol. The van der Waals surface area contributed by atoms with Gasteiger partial charge in [0.2, 0.25) is 0 Å². The minimum atomic E-state index is 0.610. The standard InChI is InChI=1S/C17H27N3/c1-3-5-15-14-10-18-11-16(14)20-17(19-15)13-8-6-12(4-2)7-9-13/h12-13,18H,3-11H2,1-2H3. The van der Waals surface area contributed by atoms with Crippen LogP contribution in [0.4, 0.5) is 0 Å². The van der Waals surface area contributed by atoms with E-state index in [-0.39, 0.29) is 0 Å². The number of fused-ring (bicyclic) bond motifs is 1. The summed E-state index contributed by atoms with van der Waals surface area (Å²) in [5.74, 6) is 2.70. The lowest BCUT2D eigenvalue weighted by Crippen LogP contribution is -2.17. The summed E-state index contributed by atoms with van der Waals surface area (Å²) in [6.07, 6.45) is 8.91. The molecule has 3 nitrogen and oxygen atoms in total. The van der Waals surface area contributed by atoms with Gasteiger partial charge in [0.1, 0.15) is 5.82 Å². The SMILES string of the molecule is CCCc1nc(C2CCC(CC)CC2)nc2c1CNC2. The molecule has 0 saturated heterocycles. The van der Waals surface area contributed by atoms with Gasteiger partial charge in [0.25, 0.3) is 0 Å². The van der Waals surface area contributed by atoms with Crippen molar-refractivity contribution in [1.82, 2.24) is 15.3 Å². The molecule has 110 valence electrons. The van der Waals surface area contributed by atoms with E-state index in [1.165, 1.54) is 55.5 Å². The normalized spacial score (nSPS) is 25.7. The van der Waals surface area contributed by atoms with Gasteiger partial charge in [0.05, 0.1) is 5.69 Å². The predicted octanol–water partition coefficient (Wildman–Crippen LogP) is 3.72. The van der Waals surface area contributed by atoms with Crippen molar-refractivity contribution in [3.8, 4) is 0 Å². The molecular weight excluding hydrogens is 246 g/mol. The zero-order valence-corrected chi connectivity index (χ0v) is 12.9. The maximum absolute atomic E-state index is 4.96. The second-order valence-corrected chi connectivity index (χ2v) is 6.43. The van der Waals surface area contributed by atoms with E-state index in [0.29, 0.717) is 5.92 Å². The fourth-order valence-corrected chi connectivity index (χ4v) is 3.71. The summed E-state index contributed by atoms with van der Waals surface area (Å²) < 4.78 is 0. The van der Waals surface area contributed by atoms with Gasteiger partial charge >= 0.3 is 0 Å². The van der Waals surface area contributed by atoms with Gasteiger partial charge in [-0.3, -0.25) is 0 Å². The third kappa shape index (κ3) is 2.73. The van der Waals surface area contributed by atoms with Gasteiger partial charge in [-0.25, -0.2) is 9.97 Å². The Bertz CT molecular complexity index is 462. The third-order valence-corrected chi connectivity index (χ3v) is 5.07. The molecule has 3 heteroatoms. The summed E-state index contributed by atoms with van der Waals surface area (Å²) in [4.78, 5) is 9.85. The topological polar surface area (TPSA) is 37.8 Å². The summed E-state index contributed by atoms with van der Waals surface area (Å²) in [7, 11) is 0. The van der Waals surface area contributed by atoms with Crippen molar-refractivity contribution in [2.45, 2.75) is 77.8 Å². The predicted molar refractivity (Wildman–Crippen MR) is 81.6 cm³/mol. The Morgan fingerprint density at radius 1 is 1.05 bits per heavy atom. The Hall–Kier alpha value is -0.960. The highest BCUT2D eigenvalue weighted by molar-refractivity contribution is 5.30. The van der Waals surface area contributed by atoms with Crippen LogP contribution < -0.4 is 5.32 Å². The fraction of sp³-hybridized carbons (Fsp3) is 0.765. The molecule has 1 fully saturated rings. The second kappa shape index (κ2) is 6.21. The highest BCUT2D eigenvalue weighted by atomic mass is 15.0. The van der Waals surface area contributed by atoms with Crippen molar-refractivity contribution in [2.24, 2.45) is 5.92 Å². The molecular formula is C17H27N3. The largest absolute Gasteiger partial charge is 0.307 e. The zero-order chi connectivity index (χ0) is 13.9. The molecule has 0 atom stereocenters. The molecule has 20 heavy (non-hydrogen) atoms. The van der Waals surface area contributed by atoms with Crippen molar-refractivity contribution in [2.75, 3.05) is 0 Å². The minimum Gasteiger partial charge on any atom is -0.307 e. The maximum Gasteiger partial charge on any atom is 0.132 e. The van der Waals surface area contributed by atoms with Gasteiger partial charge in [0, 0.05) is 30.3 Å². The lowest BCUT2D eigenvalue weighted by molar-refractivity contribution is 0.311. The average molecular weight is 273 g/mol. The summed E-state index contributed by atoms with van der Waals surface area (Å²) in [6, 6.07) is 0. The molecule has 0 amide bonds. The van der Waals surface area contributed by atoms with E-state index in [0.717, 1.165) is 31.3 Å². The van der Waals surface area contributed by atoms with E-state index in [4.69, 9.17) is 9.97 Å². The summed E-state index contributed by atoms with van der Waals surface area (Å²) >= 11 is 0. The van der Waals surface area contributed by atoms with E-state index >= 15 is 0 Å². The van der Waals surface area contributed by atoms with Crippen molar-refractivity contribution in [3.63, 3.8) is 0 Å². The number of nitrogens with one attached hydrogen (secondary N) is 1. The van der Waals surface area contributed by atoms with Crippen LogP contribution in [0.15, 0.2) is 0 Å². The highest BCUT2D eigenvalue weighted by Crippen LogP contribution is 2.36. The number of aromatic nitrogens is 2. The lowest BCUT2D eigenvalue weighted by atomic mass is 9.80. The van der Waals surface area contributed by atoms with E-state index < -0.39 is 0 Å². The molecule has 0 spiro atoms. The molecule has 2 heterocycles. The van der Waals surface area contributed by atoms with Crippen LogP contribution in [0.3, 0.4) is 0 Å². The average Bonchev–Trinajstić information content (AvgIpc) is 2.96. The molecule has 1 saturated carbocycles. The van der Waals surface area contributed by atoms with Crippen LogP contribution in [0, 0.1) is 5.92 Å². The van der Waals surface area contributed by atoms with Gasteiger partial charge in [-0.1, -0.05) is 26.7 Å². The molecule has 0 unspecified atom stereocenters. The Kier molecular flexibility index (Phi) is 4.35. The molecule has 1 N–H and O–H groups in total. The van der Waals surface area contributed by atoms with Crippen molar-refractivity contribution in [1.29, 1.82) is 0 Å². The van der Waals surface area contributed by atoms with Gasteiger partial charge in [0.15, 0.2) is 0 Å². The summed E-state index contributed by atoms with van der Waals surface area (Å²) in [6.45, 7) is 6.46. The van der Waals surface area contributed by atoms with Crippen molar-refractivity contribution >= 4 is 0 Å². The first-order valence-electron chi connectivity index (χ1n) is 8.41. The van der Waals surface area contributed by atoms with E-state index in [1.807, 2.05) is 0 Å². The lowest BCUT2D eigenvalue weighted by Gasteiger charge is -2.27. The summed E-state index contributed by atoms with van der Waals surface area (Å²) in [5, 5.41) is 3.43. The van der Waals surface area contributed by atoms with Crippen LogP contribution in [-0.4, -0.2) is 9.97 Å². The van der Waals surface area contributed by atoms with E-state index in [9.17, 15) is 0 Å². The molecule has 3 rings (SSSR count). The highest BCUT2D eigenvalue weighted by Gasteiger charge is 2.26. The fourth-order valence-electron chi connectivity index (χ4n) is 3.71. The molecule has 2 aliphatic rings. The second-order valence-electron chi connectivity index (χ2n) is 6.43. The molecule has 0 aromatic carbocycles. The molecule has 0 radical (unpaired) electrons. The number of hydrogen-bond acceptors (Lipinski definition) is 3. The summed E-state index contributed by atoms with van der Waals surface area (Å²) in [5.41, 5.74) is 3.98. The molecule has 1 aliphatic heterocycles. The van der Waals surface area contributed by atoms with E-state index in [2.05, 4.69) is 19.2 Å². The van der Waals surface area contributed by atoms with Crippen molar-refractivity contribution < 1.29 is 0 Å². The first-order valence-corrected chi connectivity index (χ1v) is 8.41. The first-order chi connectivity index (χ1) is 9.81. The van der Waals surface area contributed by atoms with Crippen LogP contribution in [0.25, 0.3) is 0 Å². The van der Waals surface area contributed by atoms with Crippen LogP contribution in [0.2, 0.25) is 0 Å². The van der Waals surface area contributed by atoms with Crippen molar-refractivity contribution in [3.05, 3.63) is 22.8 Å². The Balaban J connectivity index is 1.81. The van der Waals surface area contributed by atoms with Gasteiger partial charge in [-0.15, -0.1) is 0 Å². The minimum absolute atomic E-state index is 0.610. The van der Waals surface area contributed by atoms with Gasteiger partial charge in [-0.05, 0) is 38.0 Å². The maximum atomic E-state index is 4.96. The molecule has 1 aromatic heterocycles. The van der Waals surface area contributed by atoms with Crippen LogP contribution >= 0.6 is 0 Å².